The zero-order chi connectivity index (χ0) is 13.8. The molecule has 104 valence electrons. The van der Waals surface area contributed by atoms with Crippen molar-refractivity contribution >= 4 is 11.9 Å². The molecule has 0 amide bonds. The Bertz CT molecular complexity index is 620. The summed E-state index contributed by atoms with van der Waals surface area (Å²) < 4.78 is 16.7. The molecule has 5 nitrogen and oxygen atoms in total. The van der Waals surface area contributed by atoms with Crippen molar-refractivity contribution in [2.75, 3.05) is 0 Å². The van der Waals surface area contributed by atoms with E-state index in [1.54, 1.807) is 0 Å². The first kappa shape index (κ1) is 11.1. The largest absolute Gasteiger partial charge is 0.458 e. The number of rotatable bonds is 0. The van der Waals surface area contributed by atoms with Gasteiger partial charge in [0.2, 0.25) is 0 Å². The quantitative estimate of drug-likeness (QED) is 0.370. The second-order valence-electron chi connectivity index (χ2n) is 6.70. The molecule has 3 aliphatic heterocycles. The first-order valence-electron chi connectivity index (χ1n) is 6.98. The van der Waals surface area contributed by atoms with E-state index in [1.165, 1.54) is 0 Å². The van der Waals surface area contributed by atoms with Gasteiger partial charge in [0, 0.05) is 22.5 Å². The number of hydrogen-bond donors (Lipinski definition) is 0. The van der Waals surface area contributed by atoms with Gasteiger partial charge in [-0.25, -0.2) is 9.59 Å². The highest BCUT2D eigenvalue weighted by Crippen LogP contribution is 2.63. The number of fused-ring (bicyclic) bond motifs is 4. The van der Waals surface area contributed by atoms with Crippen molar-refractivity contribution in [2.45, 2.75) is 37.8 Å². The van der Waals surface area contributed by atoms with Crippen LogP contribution in [0, 0.1) is 17.3 Å². The summed E-state index contributed by atoms with van der Waals surface area (Å²) in [5, 5.41) is 0. The van der Waals surface area contributed by atoms with E-state index in [9.17, 15) is 9.59 Å². The van der Waals surface area contributed by atoms with Crippen LogP contribution in [0.3, 0.4) is 0 Å². The van der Waals surface area contributed by atoms with Gasteiger partial charge in [0.15, 0.2) is 0 Å². The van der Waals surface area contributed by atoms with Crippen LogP contribution in [0.2, 0.25) is 0 Å². The van der Waals surface area contributed by atoms with E-state index in [-0.39, 0.29) is 53.6 Å². The van der Waals surface area contributed by atoms with Gasteiger partial charge in [-0.2, -0.15) is 0 Å². The summed E-state index contributed by atoms with van der Waals surface area (Å²) in [6.07, 6.45) is 2.17. The maximum absolute atomic E-state index is 12.1. The van der Waals surface area contributed by atoms with Crippen molar-refractivity contribution in [3.05, 3.63) is 23.8 Å². The lowest BCUT2D eigenvalue weighted by atomic mass is 9.56. The average Bonchev–Trinajstić information content (AvgIpc) is 3.03. The zero-order valence-corrected chi connectivity index (χ0v) is 11.0. The lowest BCUT2D eigenvalue weighted by Crippen LogP contribution is -2.52. The summed E-state index contributed by atoms with van der Waals surface area (Å²) in [5.41, 5.74) is 0.967. The number of hydrogen-bond acceptors (Lipinski definition) is 5. The molecule has 0 bridgehead atoms. The van der Waals surface area contributed by atoms with E-state index >= 15 is 0 Å². The summed E-state index contributed by atoms with van der Waals surface area (Å²) in [6.45, 7) is 5.95. The Morgan fingerprint density at radius 2 is 2.10 bits per heavy atom. The van der Waals surface area contributed by atoms with Crippen LogP contribution < -0.4 is 0 Å². The third kappa shape index (κ3) is 1.03. The summed E-state index contributed by atoms with van der Waals surface area (Å²) in [4.78, 5) is 23.9. The normalized spacial score (nSPS) is 54.5. The molecule has 3 saturated heterocycles. The fourth-order valence-electron chi connectivity index (χ4n) is 4.78. The molecule has 7 atom stereocenters. The third-order valence-corrected chi connectivity index (χ3v) is 5.69. The fraction of sp³-hybridized carbons (Fsp3) is 0.600. The second kappa shape index (κ2) is 3.01. The van der Waals surface area contributed by atoms with Gasteiger partial charge >= 0.3 is 11.9 Å². The van der Waals surface area contributed by atoms with Crippen LogP contribution in [0.15, 0.2) is 23.8 Å². The Balaban J connectivity index is 1.68. The molecule has 5 aliphatic rings. The van der Waals surface area contributed by atoms with Gasteiger partial charge in [-0.15, -0.1) is 0 Å². The number of epoxide rings is 1. The SMILES string of the molecule is C=C1C(=O)O[C@H]2C[C@@]3(C)[C@@H]4O[C@@H]4C=C4C(=O)O[C@@H]([C@@H]12)[C@@H]43. The molecule has 3 heterocycles. The van der Waals surface area contributed by atoms with Crippen molar-refractivity contribution < 1.29 is 23.8 Å². The van der Waals surface area contributed by atoms with E-state index in [0.717, 1.165) is 5.57 Å². The summed E-state index contributed by atoms with van der Waals surface area (Å²) in [6, 6.07) is 0. The highest BCUT2D eigenvalue weighted by atomic mass is 16.6. The first-order valence-corrected chi connectivity index (χ1v) is 6.98. The minimum absolute atomic E-state index is 0.00810. The topological polar surface area (TPSA) is 65.1 Å². The number of ether oxygens (including phenoxy) is 3. The van der Waals surface area contributed by atoms with Gasteiger partial charge in [0.05, 0.1) is 12.0 Å². The van der Waals surface area contributed by atoms with Crippen LogP contribution in [-0.4, -0.2) is 36.4 Å². The van der Waals surface area contributed by atoms with Crippen molar-refractivity contribution in [1.29, 1.82) is 0 Å². The molecule has 0 N–H and O–H groups in total. The molecule has 4 fully saturated rings. The van der Waals surface area contributed by atoms with E-state index in [4.69, 9.17) is 14.2 Å². The third-order valence-electron chi connectivity index (χ3n) is 5.69. The van der Waals surface area contributed by atoms with Crippen LogP contribution in [0.5, 0.6) is 0 Å². The van der Waals surface area contributed by atoms with E-state index in [2.05, 4.69) is 13.5 Å². The van der Waals surface area contributed by atoms with Gasteiger partial charge in [0.25, 0.3) is 0 Å². The Morgan fingerprint density at radius 3 is 2.90 bits per heavy atom. The molecular formula is C15H14O5. The zero-order valence-electron chi connectivity index (χ0n) is 11.0. The van der Waals surface area contributed by atoms with Gasteiger partial charge in [-0.05, 0) is 12.5 Å². The van der Waals surface area contributed by atoms with Crippen LogP contribution in [0.1, 0.15) is 13.3 Å². The Kier molecular flexibility index (Phi) is 1.67. The minimum atomic E-state index is -0.357. The maximum atomic E-state index is 12.1. The van der Waals surface area contributed by atoms with Gasteiger partial charge in [0.1, 0.15) is 18.3 Å². The van der Waals surface area contributed by atoms with Crippen molar-refractivity contribution in [2.24, 2.45) is 17.3 Å². The van der Waals surface area contributed by atoms with Crippen LogP contribution in [-0.2, 0) is 23.8 Å². The van der Waals surface area contributed by atoms with Crippen LogP contribution >= 0.6 is 0 Å². The fourth-order valence-corrected chi connectivity index (χ4v) is 4.78. The predicted molar refractivity (Wildman–Crippen MR) is 65.3 cm³/mol. The smallest absolute Gasteiger partial charge is 0.334 e. The first-order chi connectivity index (χ1) is 9.50. The summed E-state index contributed by atoms with van der Waals surface area (Å²) >= 11 is 0. The Morgan fingerprint density at radius 1 is 1.30 bits per heavy atom. The maximum Gasteiger partial charge on any atom is 0.334 e. The second-order valence-corrected chi connectivity index (χ2v) is 6.70. The number of esters is 2. The molecule has 5 heteroatoms. The number of carbonyl (C=O) groups excluding carboxylic acids is 2. The highest BCUT2D eigenvalue weighted by Gasteiger charge is 2.70. The van der Waals surface area contributed by atoms with Crippen molar-refractivity contribution in [3.8, 4) is 0 Å². The molecule has 0 radical (unpaired) electrons. The molecule has 0 aromatic carbocycles. The summed E-state index contributed by atoms with van der Waals surface area (Å²) in [7, 11) is 0. The van der Waals surface area contributed by atoms with Crippen LogP contribution in [0.25, 0.3) is 0 Å². The Labute approximate surface area is 115 Å². The van der Waals surface area contributed by atoms with Gasteiger partial charge in [-0.1, -0.05) is 13.5 Å². The Hall–Kier alpha value is -1.62. The monoisotopic (exact) mass is 274 g/mol. The molecule has 1 saturated carbocycles. The molecule has 20 heavy (non-hydrogen) atoms. The average molecular weight is 274 g/mol. The molecule has 0 aromatic rings. The van der Waals surface area contributed by atoms with Crippen molar-refractivity contribution in [1.82, 2.24) is 0 Å². The lowest BCUT2D eigenvalue weighted by Gasteiger charge is -2.46. The molecule has 0 unspecified atom stereocenters. The van der Waals surface area contributed by atoms with Gasteiger partial charge in [-0.3, -0.25) is 0 Å². The van der Waals surface area contributed by atoms with Crippen molar-refractivity contribution in [3.63, 3.8) is 0 Å². The molecule has 0 aromatic heterocycles. The van der Waals surface area contributed by atoms with Gasteiger partial charge < -0.3 is 14.2 Å². The highest BCUT2D eigenvalue weighted by molar-refractivity contribution is 5.95. The van der Waals surface area contributed by atoms with Crippen LogP contribution in [0.4, 0.5) is 0 Å². The molecule has 2 aliphatic carbocycles. The minimum Gasteiger partial charge on any atom is -0.458 e. The van der Waals surface area contributed by atoms with E-state index in [1.807, 2.05) is 6.08 Å². The van der Waals surface area contributed by atoms with E-state index in [0.29, 0.717) is 12.0 Å². The molecule has 0 spiro atoms. The summed E-state index contributed by atoms with van der Waals surface area (Å²) in [5.74, 6) is -0.839. The molecule has 5 rings (SSSR count). The molecular weight excluding hydrogens is 260 g/mol. The number of carbonyl (C=O) groups is 2. The predicted octanol–water partition coefficient (Wildman–Crippen LogP) is 0.743. The lowest BCUT2D eigenvalue weighted by molar-refractivity contribution is -0.150. The standard InChI is InChI=1S/C15H14O5/c1-5-9-8(19-13(5)16)4-15(2)10-6(3-7-12(15)18-7)14(17)20-11(9)10/h3,7-12H,1,4H2,2H3/t7-,8+,9+,10-,11+,12-,15-/m1/s1. The van der Waals surface area contributed by atoms with E-state index < -0.39 is 0 Å².